The Labute approximate surface area is 116 Å². The predicted molar refractivity (Wildman–Crippen MR) is 72.4 cm³/mol. The van der Waals surface area contributed by atoms with Crippen molar-refractivity contribution in [2.75, 3.05) is 18.0 Å². The van der Waals surface area contributed by atoms with Gasteiger partial charge < -0.3 is 15.3 Å². The third kappa shape index (κ3) is 3.07. The number of amides is 1. The Balaban J connectivity index is 2.12. The molecule has 2 rings (SSSR count). The van der Waals surface area contributed by atoms with Crippen LogP contribution < -0.4 is 10.2 Å². The summed E-state index contributed by atoms with van der Waals surface area (Å²) in [7, 11) is 0. The van der Waals surface area contributed by atoms with Gasteiger partial charge in [-0.05, 0) is 38.0 Å². The summed E-state index contributed by atoms with van der Waals surface area (Å²) in [6.07, 6.45) is 2.08. The van der Waals surface area contributed by atoms with Crippen molar-refractivity contribution in [3.05, 3.63) is 29.6 Å². The van der Waals surface area contributed by atoms with Gasteiger partial charge in [-0.3, -0.25) is 9.59 Å². The number of carboxylic acid groups (broad SMARTS) is 1. The average molecular weight is 280 g/mol. The van der Waals surface area contributed by atoms with E-state index in [4.69, 9.17) is 5.11 Å². The summed E-state index contributed by atoms with van der Waals surface area (Å²) in [6, 6.07) is 3.22. The Morgan fingerprint density at radius 1 is 1.35 bits per heavy atom. The van der Waals surface area contributed by atoms with Crippen LogP contribution >= 0.6 is 0 Å². The predicted octanol–water partition coefficient (Wildman–Crippen LogP) is 1.63. The molecule has 1 aliphatic heterocycles. The summed E-state index contributed by atoms with van der Waals surface area (Å²) in [5.41, 5.74) is 0.615. The standard InChI is InChI=1S/C14H17FN2O3/c1-9(14(19)20)16-13(18)10-4-5-12(11(15)8-10)17-6-2-3-7-17/h4-5,8-9H,2-3,6-7H2,1H3,(H,16,18)(H,19,20)/t9-/m0/s1. The van der Waals surface area contributed by atoms with E-state index >= 15 is 0 Å². The number of carboxylic acids is 1. The maximum atomic E-state index is 14.0. The lowest BCUT2D eigenvalue weighted by Gasteiger charge is -2.18. The quantitative estimate of drug-likeness (QED) is 0.879. The molecule has 1 aliphatic rings. The number of carbonyl (C=O) groups is 2. The molecule has 20 heavy (non-hydrogen) atoms. The fourth-order valence-electron chi connectivity index (χ4n) is 2.20. The minimum absolute atomic E-state index is 0.124. The highest BCUT2D eigenvalue weighted by atomic mass is 19.1. The van der Waals surface area contributed by atoms with E-state index in [1.807, 2.05) is 4.90 Å². The van der Waals surface area contributed by atoms with Gasteiger partial charge >= 0.3 is 5.97 Å². The molecule has 1 atom stereocenters. The third-order valence-corrected chi connectivity index (χ3v) is 3.37. The van der Waals surface area contributed by atoms with Crippen molar-refractivity contribution in [3.8, 4) is 0 Å². The van der Waals surface area contributed by atoms with E-state index in [-0.39, 0.29) is 5.56 Å². The number of nitrogens with zero attached hydrogens (tertiary/aromatic N) is 1. The molecule has 2 N–H and O–H groups in total. The number of benzene rings is 1. The van der Waals surface area contributed by atoms with Crippen molar-refractivity contribution >= 4 is 17.6 Å². The summed E-state index contributed by atoms with van der Waals surface area (Å²) in [4.78, 5) is 24.4. The largest absolute Gasteiger partial charge is 0.480 e. The van der Waals surface area contributed by atoms with Gasteiger partial charge in [0.2, 0.25) is 0 Å². The molecule has 0 bridgehead atoms. The number of hydrogen-bond acceptors (Lipinski definition) is 3. The molecule has 0 aromatic heterocycles. The van der Waals surface area contributed by atoms with Crippen molar-refractivity contribution in [3.63, 3.8) is 0 Å². The van der Waals surface area contributed by atoms with Crippen molar-refractivity contribution in [2.45, 2.75) is 25.8 Å². The van der Waals surface area contributed by atoms with Gasteiger partial charge in [0.25, 0.3) is 5.91 Å². The van der Waals surface area contributed by atoms with Crippen LogP contribution in [0.4, 0.5) is 10.1 Å². The fourth-order valence-corrected chi connectivity index (χ4v) is 2.20. The van der Waals surface area contributed by atoms with Crippen molar-refractivity contribution in [1.82, 2.24) is 5.32 Å². The maximum Gasteiger partial charge on any atom is 0.325 e. The third-order valence-electron chi connectivity index (χ3n) is 3.37. The molecular formula is C14H17FN2O3. The summed E-state index contributed by atoms with van der Waals surface area (Å²) < 4.78 is 14.0. The molecule has 0 aliphatic carbocycles. The van der Waals surface area contributed by atoms with Crippen molar-refractivity contribution in [2.24, 2.45) is 0 Å². The zero-order valence-corrected chi connectivity index (χ0v) is 11.2. The molecule has 6 heteroatoms. The Morgan fingerprint density at radius 3 is 2.55 bits per heavy atom. The SMILES string of the molecule is C[C@H](NC(=O)c1ccc(N2CCCC2)c(F)c1)C(=O)O. The Hall–Kier alpha value is -2.11. The second kappa shape index (κ2) is 5.90. The number of aliphatic carboxylic acids is 1. The second-order valence-corrected chi connectivity index (χ2v) is 4.89. The zero-order chi connectivity index (χ0) is 14.7. The van der Waals surface area contributed by atoms with E-state index in [1.165, 1.54) is 13.0 Å². The van der Waals surface area contributed by atoms with Gasteiger partial charge in [0.15, 0.2) is 0 Å². The van der Waals surface area contributed by atoms with Gasteiger partial charge in [0, 0.05) is 18.7 Å². The molecule has 0 spiro atoms. The van der Waals surface area contributed by atoms with Crippen LogP contribution in [0.3, 0.4) is 0 Å². The molecule has 0 radical (unpaired) electrons. The molecule has 0 saturated carbocycles. The minimum Gasteiger partial charge on any atom is -0.480 e. The highest BCUT2D eigenvalue weighted by Crippen LogP contribution is 2.24. The molecule has 1 aromatic rings. The van der Waals surface area contributed by atoms with Gasteiger partial charge in [-0.15, -0.1) is 0 Å². The second-order valence-electron chi connectivity index (χ2n) is 4.89. The number of rotatable bonds is 4. The van der Waals surface area contributed by atoms with Crippen molar-refractivity contribution < 1.29 is 19.1 Å². The van der Waals surface area contributed by atoms with Gasteiger partial charge in [-0.2, -0.15) is 0 Å². The van der Waals surface area contributed by atoms with Crippen molar-refractivity contribution in [1.29, 1.82) is 0 Å². The van der Waals surface area contributed by atoms with Gasteiger partial charge in [0.05, 0.1) is 5.69 Å². The lowest BCUT2D eigenvalue weighted by molar-refractivity contribution is -0.138. The topological polar surface area (TPSA) is 69.6 Å². The normalized spacial score (nSPS) is 16.0. The molecule has 1 heterocycles. The maximum absolute atomic E-state index is 14.0. The average Bonchev–Trinajstić information content (AvgIpc) is 2.92. The molecule has 1 aromatic carbocycles. The Bertz CT molecular complexity index is 527. The van der Waals surface area contributed by atoms with E-state index in [0.29, 0.717) is 5.69 Å². The van der Waals surface area contributed by atoms with Crippen LogP contribution in [0.15, 0.2) is 18.2 Å². The molecular weight excluding hydrogens is 263 g/mol. The van der Waals surface area contributed by atoms with Gasteiger partial charge in [0.1, 0.15) is 11.9 Å². The van der Waals surface area contributed by atoms with Crippen LogP contribution in [0.25, 0.3) is 0 Å². The lowest BCUT2D eigenvalue weighted by Crippen LogP contribution is -2.38. The van der Waals surface area contributed by atoms with Gasteiger partial charge in [-0.25, -0.2) is 4.39 Å². The van der Waals surface area contributed by atoms with E-state index in [1.54, 1.807) is 6.07 Å². The number of halogens is 1. The minimum atomic E-state index is -1.13. The first-order valence-electron chi connectivity index (χ1n) is 6.57. The lowest BCUT2D eigenvalue weighted by atomic mass is 10.1. The first-order valence-corrected chi connectivity index (χ1v) is 6.57. The smallest absolute Gasteiger partial charge is 0.325 e. The van der Waals surface area contributed by atoms with E-state index < -0.39 is 23.7 Å². The molecule has 1 fully saturated rings. The molecule has 1 amide bonds. The summed E-state index contributed by atoms with van der Waals surface area (Å²) in [5.74, 6) is -2.18. The summed E-state index contributed by atoms with van der Waals surface area (Å²) in [5, 5.41) is 11.0. The van der Waals surface area contributed by atoms with Crippen LogP contribution in [-0.2, 0) is 4.79 Å². The molecule has 1 saturated heterocycles. The van der Waals surface area contributed by atoms with E-state index in [2.05, 4.69) is 5.32 Å². The summed E-state index contributed by atoms with van der Waals surface area (Å²) in [6.45, 7) is 2.99. The highest BCUT2D eigenvalue weighted by molar-refractivity contribution is 5.96. The Morgan fingerprint density at radius 2 is 2.00 bits per heavy atom. The number of nitrogens with one attached hydrogen (secondary N) is 1. The Kier molecular flexibility index (Phi) is 4.22. The van der Waals surface area contributed by atoms with Crippen LogP contribution in [0, 0.1) is 5.82 Å². The van der Waals surface area contributed by atoms with Crippen LogP contribution in [-0.4, -0.2) is 36.1 Å². The fraction of sp³-hybridized carbons (Fsp3) is 0.429. The zero-order valence-electron chi connectivity index (χ0n) is 11.2. The van der Waals surface area contributed by atoms with E-state index in [9.17, 15) is 14.0 Å². The van der Waals surface area contributed by atoms with E-state index in [0.717, 1.165) is 32.0 Å². The van der Waals surface area contributed by atoms with Gasteiger partial charge in [-0.1, -0.05) is 0 Å². The molecule has 0 unspecified atom stereocenters. The first kappa shape index (κ1) is 14.3. The number of anilines is 1. The van der Waals surface area contributed by atoms with Crippen LogP contribution in [0.2, 0.25) is 0 Å². The molecule has 5 nitrogen and oxygen atoms in total. The highest BCUT2D eigenvalue weighted by Gasteiger charge is 2.19. The summed E-state index contributed by atoms with van der Waals surface area (Å²) >= 11 is 0. The number of hydrogen-bond donors (Lipinski definition) is 2. The van der Waals surface area contributed by atoms with Crippen LogP contribution in [0.5, 0.6) is 0 Å². The monoisotopic (exact) mass is 280 g/mol. The van der Waals surface area contributed by atoms with Crippen LogP contribution in [0.1, 0.15) is 30.1 Å². The number of carbonyl (C=O) groups excluding carboxylic acids is 1. The first-order chi connectivity index (χ1) is 9.49. The molecule has 108 valence electrons.